The summed E-state index contributed by atoms with van der Waals surface area (Å²) < 4.78 is 13.1. The molecule has 0 aromatic carbocycles. The van der Waals surface area contributed by atoms with Crippen LogP contribution in [0.3, 0.4) is 0 Å². The maximum absolute atomic E-state index is 13.1. The molecule has 4 heteroatoms. The lowest BCUT2D eigenvalue weighted by Gasteiger charge is -2.04. The van der Waals surface area contributed by atoms with E-state index in [1.54, 1.807) is 6.92 Å². The molecule has 1 rings (SSSR count). The first-order valence-corrected chi connectivity index (χ1v) is 4.15. The third kappa shape index (κ3) is 1.74. The van der Waals surface area contributed by atoms with Gasteiger partial charge in [0.25, 0.3) is 0 Å². The molecule has 0 amide bonds. The third-order valence-electron chi connectivity index (χ3n) is 1.37. The van der Waals surface area contributed by atoms with Gasteiger partial charge in [-0.05, 0) is 13.8 Å². The maximum Gasteiger partial charge on any atom is 0.167 e. The first-order valence-electron chi connectivity index (χ1n) is 3.24. The van der Waals surface area contributed by atoms with Crippen molar-refractivity contribution in [3.05, 3.63) is 23.5 Å². The van der Waals surface area contributed by atoms with Gasteiger partial charge in [-0.2, -0.15) is 0 Å². The van der Waals surface area contributed by atoms with Gasteiger partial charge in [-0.1, -0.05) is 15.9 Å². The first-order chi connectivity index (χ1) is 5.13. The molecule has 0 aliphatic rings. The van der Waals surface area contributed by atoms with Gasteiger partial charge in [-0.25, -0.2) is 14.4 Å². The molecule has 2 nitrogen and oxygen atoms in total. The van der Waals surface area contributed by atoms with E-state index < -0.39 is 0 Å². The Morgan fingerprint density at radius 2 is 2.18 bits per heavy atom. The van der Waals surface area contributed by atoms with Crippen LogP contribution in [0.2, 0.25) is 0 Å². The SMILES string of the molecule is Cc1ncnc(C(C)Br)c1F. The second kappa shape index (κ2) is 3.26. The summed E-state index contributed by atoms with van der Waals surface area (Å²) in [7, 11) is 0. The lowest BCUT2D eigenvalue weighted by Crippen LogP contribution is -1.99. The minimum atomic E-state index is -0.322. The molecule has 0 saturated heterocycles. The van der Waals surface area contributed by atoms with Crippen LogP contribution >= 0.6 is 15.9 Å². The van der Waals surface area contributed by atoms with Gasteiger partial charge >= 0.3 is 0 Å². The molecule has 0 spiro atoms. The van der Waals surface area contributed by atoms with Crippen molar-refractivity contribution in [2.24, 2.45) is 0 Å². The monoisotopic (exact) mass is 218 g/mol. The molecule has 11 heavy (non-hydrogen) atoms. The fourth-order valence-corrected chi connectivity index (χ4v) is 1.07. The molecule has 0 saturated carbocycles. The number of aromatic nitrogens is 2. The molecule has 1 unspecified atom stereocenters. The van der Waals surface area contributed by atoms with E-state index in [-0.39, 0.29) is 10.6 Å². The smallest absolute Gasteiger partial charge is 0.167 e. The molecule has 0 radical (unpaired) electrons. The summed E-state index contributed by atoms with van der Waals surface area (Å²) >= 11 is 3.24. The zero-order chi connectivity index (χ0) is 8.43. The van der Waals surface area contributed by atoms with Crippen molar-refractivity contribution in [2.75, 3.05) is 0 Å². The van der Waals surface area contributed by atoms with Crippen LogP contribution in [0.25, 0.3) is 0 Å². The Morgan fingerprint density at radius 3 is 2.64 bits per heavy atom. The van der Waals surface area contributed by atoms with Gasteiger partial charge in [0.1, 0.15) is 6.33 Å². The Bertz CT molecular complexity index is 263. The average molecular weight is 219 g/mol. The Balaban J connectivity index is 3.17. The quantitative estimate of drug-likeness (QED) is 0.677. The molecule has 1 aromatic heterocycles. The summed E-state index contributed by atoms with van der Waals surface area (Å²) in [6, 6.07) is 0. The van der Waals surface area contributed by atoms with Crippen LogP contribution in [0.1, 0.15) is 23.1 Å². The van der Waals surface area contributed by atoms with Crippen molar-refractivity contribution in [1.82, 2.24) is 9.97 Å². The highest BCUT2D eigenvalue weighted by atomic mass is 79.9. The highest BCUT2D eigenvalue weighted by molar-refractivity contribution is 9.09. The number of hydrogen-bond acceptors (Lipinski definition) is 2. The molecule has 1 atom stereocenters. The van der Waals surface area contributed by atoms with E-state index in [1.165, 1.54) is 6.33 Å². The van der Waals surface area contributed by atoms with Crippen LogP contribution in [0.4, 0.5) is 4.39 Å². The topological polar surface area (TPSA) is 25.8 Å². The minimum absolute atomic E-state index is 0.0656. The van der Waals surface area contributed by atoms with Gasteiger partial charge in [-0.3, -0.25) is 0 Å². The number of aryl methyl sites for hydroxylation is 1. The predicted octanol–water partition coefficient (Wildman–Crippen LogP) is 2.38. The van der Waals surface area contributed by atoms with E-state index in [0.29, 0.717) is 11.4 Å². The van der Waals surface area contributed by atoms with E-state index in [1.807, 2.05) is 6.92 Å². The molecular weight excluding hydrogens is 211 g/mol. The van der Waals surface area contributed by atoms with E-state index in [9.17, 15) is 4.39 Å². The third-order valence-corrected chi connectivity index (χ3v) is 1.80. The number of halogens is 2. The van der Waals surface area contributed by atoms with Crippen molar-refractivity contribution < 1.29 is 4.39 Å². The summed E-state index contributed by atoms with van der Waals surface area (Å²) in [6.45, 7) is 3.45. The molecule has 0 fully saturated rings. The molecule has 1 heterocycles. The van der Waals surface area contributed by atoms with Crippen LogP contribution in [-0.2, 0) is 0 Å². The standard InChI is InChI=1S/C7H8BrFN2/c1-4(8)7-6(9)5(2)10-3-11-7/h3-4H,1-2H3. The highest BCUT2D eigenvalue weighted by Crippen LogP contribution is 2.22. The van der Waals surface area contributed by atoms with Crippen LogP contribution in [0.5, 0.6) is 0 Å². The lowest BCUT2D eigenvalue weighted by molar-refractivity contribution is 0.581. The number of hydrogen-bond donors (Lipinski definition) is 0. The van der Waals surface area contributed by atoms with Gasteiger partial charge in [-0.15, -0.1) is 0 Å². The van der Waals surface area contributed by atoms with Gasteiger partial charge in [0, 0.05) is 0 Å². The van der Waals surface area contributed by atoms with Crippen LogP contribution < -0.4 is 0 Å². The maximum atomic E-state index is 13.1. The van der Waals surface area contributed by atoms with E-state index in [4.69, 9.17) is 0 Å². The van der Waals surface area contributed by atoms with Gasteiger partial charge in [0.15, 0.2) is 5.82 Å². The van der Waals surface area contributed by atoms with Crippen molar-refractivity contribution >= 4 is 15.9 Å². The second-order valence-corrected chi connectivity index (χ2v) is 3.65. The van der Waals surface area contributed by atoms with Crippen LogP contribution in [0, 0.1) is 12.7 Å². The van der Waals surface area contributed by atoms with Crippen molar-refractivity contribution in [2.45, 2.75) is 18.7 Å². The lowest BCUT2D eigenvalue weighted by atomic mass is 10.3. The summed E-state index contributed by atoms with van der Waals surface area (Å²) in [6.07, 6.45) is 1.37. The number of rotatable bonds is 1. The van der Waals surface area contributed by atoms with Gasteiger partial charge < -0.3 is 0 Å². The zero-order valence-corrected chi connectivity index (χ0v) is 7.89. The summed E-state index contributed by atoms with van der Waals surface area (Å²) in [5, 5.41) is 0. The predicted molar refractivity (Wildman–Crippen MR) is 44.1 cm³/mol. The highest BCUT2D eigenvalue weighted by Gasteiger charge is 2.11. The van der Waals surface area contributed by atoms with Gasteiger partial charge in [0.2, 0.25) is 0 Å². The van der Waals surface area contributed by atoms with E-state index in [0.717, 1.165) is 0 Å². The molecule has 0 bridgehead atoms. The van der Waals surface area contributed by atoms with Crippen LogP contribution in [-0.4, -0.2) is 9.97 Å². The average Bonchev–Trinajstić information content (AvgIpc) is 1.94. The fraction of sp³-hybridized carbons (Fsp3) is 0.429. The number of nitrogens with zero attached hydrogens (tertiary/aromatic N) is 2. The zero-order valence-electron chi connectivity index (χ0n) is 6.31. The van der Waals surface area contributed by atoms with E-state index >= 15 is 0 Å². The van der Waals surface area contributed by atoms with Crippen molar-refractivity contribution in [3.8, 4) is 0 Å². The molecule has 0 aliphatic heterocycles. The molecular formula is C7H8BrFN2. The normalized spacial score (nSPS) is 13.1. The summed E-state index contributed by atoms with van der Waals surface area (Å²) in [5.74, 6) is -0.322. The van der Waals surface area contributed by atoms with Crippen molar-refractivity contribution in [1.29, 1.82) is 0 Å². The number of alkyl halides is 1. The second-order valence-electron chi connectivity index (χ2n) is 2.27. The molecule has 1 aromatic rings. The Hall–Kier alpha value is -0.510. The van der Waals surface area contributed by atoms with Crippen LogP contribution in [0.15, 0.2) is 6.33 Å². The Labute approximate surface area is 73.0 Å². The largest absolute Gasteiger partial charge is 0.239 e. The minimum Gasteiger partial charge on any atom is -0.239 e. The van der Waals surface area contributed by atoms with Gasteiger partial charge in [0.05, 0.1) is 16.2 Å². The first kappa shape index (κ1) is 8.59. The Kier molecular flexibility index (Phi) is 2.54. The van der Waals surface area contributed by atoms with E-state index in [2.05, 4.69) is 25.9 Å². The molecule has 60 valence electrons. The molecule has 0 N–H and O–H groups in total. The molecule has 0 aliphatic carbocycles. The Morgan fingerprint density at radius 1 is 1.55 bits per heavy atom. The summed E-state index contributed by atoms with van der Waals surface area (Å²) in [4.78, 5) is 7.45. The van der Waals surface area contributed by atoms with Crippen molar-refractivity contribution in [3.63, 3.8) is 0 Å². The fourth-order valence-electron chi connectivity index (χ4n) is 0.754. The summed E-state index contributed by atoms with van der Waals surface area (Å²) in [5.41, 5.74) is 0.804.